The normalized spacial score (nSPS) is 12.4. The van der Waals surface area contributed by atoms with Crippen LogP contribution in [0.2, 0.25) is 0 Å². The highest BCUT2D eigenvalue weighted by Crippen LogP contribution is 2.21. The van der Waals surface area contributed by atoms with Gasteiger partial charge in [-0.1, -0.05) is 92.8 Å². The lowest BCUT2D eigenvalue weighted by Gasteiger charge is -2.21. The molecule has 0 saturated heterocycles. The standard InChI is InChI=1S/C26H35NO2S/c1-4-6-9-13-24(12-7-5-2)20-21-27(22-25-14-10-8-11-15-25)30(28,29)26-18-16-23(3)17-19-26/h8,10-11,13-21H,4-7,9,12,22H2,1-3H3. The summed E-state index contributed by atoms with van der Waals surface area (Å²) in [6, 6.07) is 16.8. The van der Waals surface area contributed by atoms with E-state index in [2.05, 4.69) is 19.9 Å². The summed E-state index contributed by atoms with van der Waals surface area (Å²) in [5.74, 6) is 0. The Morgan fingerprint density at radius 3 is 2.23 bits per heavy atom. The van der Waals surface area contributed by atoms with Gasteiger partial charge < -0.3 is 0 Å². The van der Waals surface area contributed by atoms with Crippen LogP contribution in [0.5, 0.6) is 0 Å². The fourth-order valence-electron chi connectivity index (χ4n) is 3.13. The molecule has 162 valence electrons. The lowest BCUT2D eigenvalue weighted by Crippen LogP contribution is -2.25. The molecule has 2 rings (SSSR count). The molecule has 0 spiro atoms. The molecule has 0 amide bonds. The average molecular weight is 426 g/mol. The number of nitrogens with zero attached hydrogens (tertiary/aromatic N) is 1. The Morgan fingerprint density at radius 2 is 1.60 bits per heavy atom. The molecular weight excluding hydrogens is 390 g/mol. The fourth-order valence-corrected chi connectivity index (χ4v) is 4.42. The highest BCUT2D eigenvalue weighted by atomic mass is 32.2. The lowest BCUT2D eigenvalue weighted by atomic mass is 10.1. The minimum absolute atomic E-state index is 0.309. The van der Waals surface area contributed by atoms with Crippen molar-refractivity contribution < 1.29 is 8.42 Å². The molecule has 0 N–H and O–H groups in total. The van der Waals surface area contributed by atoms with E-state index in [9.17, 15) is 8.42 Å². The van der Waals surface area contributed by atoms with Crippen molar-refractivity contribution in [3.8, 4) is 0 Å². The lowest BCUT2D eigenvalue weighted by molar-refractivity contribution is 0.495. The summed E-state index contributed by atoms with van der Waals surface area (Å²) >= 11 is 0. The zero-order chi connectivity index (χ0) is 21.8. The van der Waals surface area contributed by atoms with E-state index in [0.717, 1.165) is 49.7 Å². The summed E-state index contributed by atoms with van der Waals surface area (Å²) < 4.78 is 28.2. The Morgan fingerprint density at radius 1 is 0.933 bits per heavy atom. The summed E-state index contributed by atoms with van der Waals surface area (Å²) in [5, 5.41) is 0. The quantitative estimate of drug-likeness (QED) is 0.271. The number of aryl methyl sites for hydroxylation is 1. The van der Waals surface area contributed by atoms with Crippen molar-refractivity contribution in [2.75, 3.05) is 0 Å². The summed E-state index contributed by atoms with van der Waals surface area (Å²) in [7, 11) is -3.64. The van der Waals surface area contributed by atoms with Crippen LogP contribution in [0.3, 0.4) is 0 Å². The van der Waals surface area contributed by atoms with Crippen LogP contribution < -0.4 is 0 Å². The van der Waals surface area contributed by atoms with Crippen LogP contribution in [0, 0.1) is 6.92 Å². The third-order valence-electron chi connectivity index (χ3n) is 5.05. The predicted octanol–water partition coefficient (Wildman–Crippen LogP) is 7.01. The van der Waals surface area contributed by atoms with Crippen LogP contribution in [0.4, 0.5) is 0 Å². The molecule has 0 unspecified atom stereocenters. The van der Waals surface area contributed by atoms with Crippen LogP contribution in [0.25, 0.3) is 0 Å². The minimum Gasteiger partial charge on any atom is -0.269 e. The smallest absolute Gasteiger partial charge is 0.264 e. The SMILES string of the molecule is CCCCC=C(C=CN(Cc1ccccc1)S(=O)(=O)c1ccc(C)cc1)CCCC. The molecule has 0 atom stereocenters. The van der Waals surface area contributed by atoms with Crippen molar-refractivity contribution in [2.45, 2.75) is 70.7 Å². The van der Waals surface area contributed by atoms with Crippen molar-refractivity contribution in [3.63, 3.8) is 0 Å². The second-order valence-corrected chi connectivity index (χ2v) is 9.58. The molecular formula is C26H35NO2S. The number of allylic oxidation sites excluding steroid dienone is 3. The second kappa shape index (κ2) is 12.4. The fraction of sp³-hybridized carbons (Fsp3) is 0.385. The number of benzene rings is 2. The van der Waals surface area contributed by atoms with Crippen molar-refractivity contribution in [2.24, 2.45) is 0 Å². The molecule has 0 saturated carbocycles. The first-order valence-electron chi connectivity index (χ1n) is 11.0. The summed E-state index contributed by atoms with van der Waals surface area (Å²) in [6.45, 7) is 6.63. The van der Waals surface area contributed by atoms with E-state index in [0.29, 0.717) is 11.4 Å². The Bertz CT molecular complexity index is 913. The largest absolute Gasteiger partial charge is 0.269 e. The number of sulfonamides is 1. The molecule has 0 aliphatic rings. The molecule has 2 aromatic rings. The Labute approximate surface area is 183 Å². The molecule has 4 heteroatoms. The first-order chi connectivity index (χ1) is 14.5. The molecule has 0 fully saturated rings. The van der Waals surface area contributed by atoms with Crippen LogP contribution >= 0.6 is 0 Å². The van der Waals surface area contributed by atoms with E-state index in [-0.39, 0.29) is 0 Å². The third kappa shape index (κ3) is 7.49. The molecule has 0 radical (unpaired) electrons. The van der Waals surface area contributed by atoms with Crippen molar-refractivity contribution in [1.29, 1.82) is 0 Å². The molecule has 0 aliphatic heterocycles. The maximum atomic E-state index is 13.4. The van der Waals surface area contributed by atoms with Gasteiger partial charge >= 0.3 is 0 Å². The van der Waals surface area contributed by atoms with Gasteiger partial charge in [-0.25, -0.2) is 8.42 Å². The maximum absolute atomic E-state index is 13.4. The molecule has 3 nitrogen and oxygen atoms in total. The second-order valence-electron chi connectivity index (χ2n) is 7.69. The van der Waals surface area contributed by atoms with Gasteiger partial charge in [0.2, 0.25) is 0 Å². The van der Waals surface area contributed by atoms with Gasteiger partial charge in [0.1, 0.15) is 0 Å². The van der Waals surface area contributed by atoms with Gasteiger partial charge in [-0.15, -0.1) is 0 Å². The zero-order valence-electron chi connectivity index (χ0n) is 18.5. The molecule has 30 heavy (non-hydrogen) atoms. The van der Waals surface area contributed by atoms with E-state index >= 15 is 0 Å². The number of rotatable bonds is 12. The van der Waals surface area contributed by atoms with E-state index in [1.54, 1.807) is 18.3 Å². The zero-order valence-corrected chi connectivity index (χ0v) is 19.4. The van der Waals surface area contributed by atoms with Crippen LogP contribution in [-0.4, -0.2) is 12.7 Å². The van der Waals surface area contributed by atoms with Gasteiger partial charge in [0.05, 0.1) is 11.4 Å². The minimum atomic E-state index is -3.64. The third-order valence-corrected chi connectivity index (χ3v) is 6.78. The highest BCUT2D eigenvalue weighted by Gasteiger charge is 2.21. The first-order valence-corrected chi connectivity index (χ1v) is 12.4. The summed E-state index contributed by atoms with van der Waals surface area (Å²) in [5.41, 5.74) is 3.21. The molecule has 0 heterocycles. The Hall–Kier alpha value is -2.33. The van der Waals surface area contributed by atoms with Gasteiger partial charge in [-0.05, 0) is 50.0 Å². The van der Waals surface area contributed by atoms with Gasteiger partial charge in [-0.2, -0.15) is 0 Å². The number of hydrogen-bond acceptors (Lipinski definition) is 2. The monoisotopic (exact) mass is 425 g/mol. The number of hydrogen-bond donors (Lipinski definition) is 0. The van der Waals surface area contributed by atoms with Crippen LogP contribution in [-0.2, 0) is 16.6 Å². The summed E-state index contributed by atoms with van der Waals surface area (Å²) in [4.78, 5) is 0.318. The van der Waals surface area contributed by atoms with Gasteiger partial charge in [0.15, 0.2) is 0 Å². The van der Waals surface area contributed by atoms with Gasteiger partial charge in [-0.3, -0.25) is 4.31 Å². The topological polar surface area (TPSA) is 37.4 Å². The van der Waals surface area contributed by atoms with Gasteiger partial charge in [0.25, 0.3) is 10.0 Å². The van der Waals surface area contributed by atoms with E-state index < -0.39 is 10.0 Å². The predicted molar refractivity (Wildman–Crippen MR) is 127 cm³/mol. The van der Waals surface area contributed by atoms with Gasteiger partial charge in [0, 0.05) is 6.20 Å². The summed E-state index contributed by atoms with van der Waals surface area (Å²) in [6.07, 6.45) is 12.5. The number of unbranched alkanes of at least 4 members (excludes halogenated alkanes) is 3. The van der Waals surface area contributed by atoms with Crippen molar-refractivity contribution in [3.05, 3.63) is 89.6 Å². The Kier molecular flexibility index (Phi) is 9.88. The average Bonchev–Trinajstić information content (AvgIpc) is 2.75. The first kappa shape index (κ1) is 23.9. The Balaban J connectivity index is 2.35. The van der Waals surface area contributed by atoms with Crippen molar-refractivity contribution >= 4 is 10.0 Å². The van der Waals surface area contributed by atoms with E-state index in [4.69, 9.17) is 0 Å². The van der Waals surface area contributed by atoms with Crippen LogP contribution in [0.15, 0.2) is 83.4 Å². The highest BCUT2D eigenvalue weighted by molar-refractivity contribution is 7.89. The molecule has 2 aromatic carbocycles. The van der Waals surface area contributed by atoms with Crippen molar-refractivity contribution in [1.82, 2.24) is 4.31 Å². The molecule has 0 bridgehead atoms. The van der Waals surface area contributed by atoms with Crippen LogP contribution in [0.1, 0.15) is 63.5 Å². The van der Waals surface area contributed by atoms with E-state index in [1.165, 1.54) is 9.88 Å². The van der Waals surface area contributed by atoms with E-state index in [1.807, 2.05) is 55.5 Å². The maximum Gasteiger partial charge on any atom is 0.264 e. The molecule has 0 aromatic heterocycles. The molecule has 0 aliphatic carbocycles.